The summed E-state index contributed by atoms with van der Waals surface area (Å²) < 4.78 is 20.7. The highest BCUT2D eigenvalue weighted by atomic mass is 16.5. The van der Waals surface area contributed by atoms with E-state index < -0.39 is 0 Å². The number of hydrogen-bond acceptors (Lipinski definition) is 6. The van der Waals surface area contributed by atoms with E-state index in [-0.39, 0.29) is 0 Å². The van der Waals surface area contributed by atoms with Crippen molar-refractivity contribution in [3.63, 3.8) is 0 Å². The third-order valence-corrected chi connectivity index (χ3v) is 4.41. The SMILES string of the molecule is C=C(CCN(CCOC)CCOC)C(=C)CCN(CCOC)CCOC. The van der Waals surface area contributed by atoms with Crippen molar-refractivity contribution in [2.75, 3.05) is 94.1 Å². The van der Waals surface area contributed by atoms with Gasteiger partial charge >= 0.3 is 0 Å². The number of ether oxygens (including phenoxy) is 4. The lowest BCUT2D eigenvalue weighted by molar-refractivity contribution is 0.114. The van der Waals surface area contributed by atoms with Crippen molar-refractivity contribution in [1.29, 1.82) is 0 Å². The minimum absolute atomic E-state index is 0.727. The maximum atomic E-state index is 5.19. The van der Waals surface area contributed by atoms with Gasteiger partial charge in [0.2, 0.25) is 0 Å². The average Bonchev–Trinajstić information content (AvgIpc) is 2.66. The Labute approximate surface area is 160 Å². The van der Waals surface area contributed by atoms with Crippen molar-refractivity contribution < 1.29 is 18.9 Å². The van der Waals surface area contributed by atoms with Gasteiger partial charge < -0.3 is 18.9 Å². The third kappa shape index (κ3) is 13.4. The lowest BCUT2D eigenvalue weighted by Crippen LogP contribution is -2.32. The third-order valence-electron chi connectivity index (χ3n) is 4.41. The van der Waals surface area contributed by atoms with Crippen LogP contribution in [0.2, 0.25) is 0 Å². The maximum absolute atomic E-state index is 5.19. The van der Waals surface area contributed by atoms with E-state index in [1.807, 2.05) is 0 Å². The van der Waals surface area contributed by atoms with Crippen LogP contribution in [0, 0.1) is 0 Å². The lowest BCUT2D eigenvalue weighted by Gasteiger charge is -2.24. The van der Waals surface area contributed by atoms with E-state index in [1.54, 1.807) is 28.4 Å². The Morgan fingerprint density at radius 3 is 1.04 bits per heavy atom. The molecule has 0 aliphatic heterocycles. The monoisotopic (exact) mass is 372 g/mol. The van der Waals surface area contributed by atoms with Crippen LogP contribution in [-0.4, -0.2) is 104 Å². The predicted molar refractivity (Wildman–Crippen MR) is 108 cm³/mol. The van der Waals surface area contributed by atoms with Gasteiger partial charge in [0, 0.05) is 67.7 Å². The Balaban J connectivity index is 4.25. The van der Waals surface area contributed by atoms with Crippen molar-refractivity contribution >= 4 is 0 Å². The van der Waals surface area contributed by atoms with E-state index in [2.05, 4.69) is 23.0 Å². The molecule has 0 bridgehead atoms. The van der Waals surface area contributed by atoms with Crippen molar-refractivity contribution in [3.8, 4) is 0 Å². The smallest absolute Gasteiger partial charge is 0.0589 e. The molecule has 0 N–H and O–H groups in total. The highest BCUT2D eigenvalue weighted by molar-refractivity contribution is 5.25. The second kappa shape index (κ2) is 17.6. The summed E-state index contributed by atoms with van der Waals surface area (Å²) in [5.41, 5.74) is 2.26. The molecule has 0 unspecified atom stereocenters. The van der Waals surface area contributed by atoms with Crippen molar-refractivity contribution in [2.45, 2.75) is 12.8 Å². The van der Waals surface area contributed by atoms with Crippen LogP contribution in [0.15, 0.2) is 24.3 Å². The topological polar surface area (TPSA) is 43.4 Å². The first-order chi connectivity index (χ1) is 12.6. The predicted octanol–water partition coefficient (Wildman–Crippen LogP) is 2.07. The van der Waals surface area contributed by atoms with E-state index in [1.165, 1.54) is 0 Å². The van der Waals surface area contributed by atoms with Gasteiger partial charge in [-0.2, -0.15) is 0 Å². The zero-order chi connectivity index (χ0) is 19.6. The van der Waals surface area contributed by atoms with Gasteiger partial charge in [0.1, 0.15) is 0 Å². The molecule has 26 heavy (non-hydrogen) atoms. The molecule has 0 aromatic heterocycles. The number of hydrogen-bond donors (Lipinski definition) is 0. The zero-order valence-corrected chi connectivity index (χ0v) is 17.4. The summed E-state index contributed by atoms with van der Waals surface area (Å²) in [4.78, 5) is 4.68. The van der Waals surface area contributed by atoms with Crippen LogP contribution >= 0.6 is 0 Å². The van der Waals surface area contributed by atoms with Crippen molar-refractivity contribution in [2.24, 2.45) is 0 Å². The Hall–Kier alpha value is -0.760. The van der Waals surface area contributed by atoms with Gasteiger partial charge in [-0.3, -0.25) is 9.80 Å². The molecule has 0 aliphatic rings. The van der Waals surface area contributed by atoms with E-state index in [9.17, 15) is 0 Å². The normalized spacial score (nSPS) is 11.5. The lowest BCUT2D eigenvalue weighted by atomic mass is 10.0. The number of nitrogens with zero attached hydrogens (tertiary/aromatic N) is 2. The zero-order valence-electron chi connectivity index (χ0n) is 17.4. The molecule has 0 atom stereocenters. The minimum atomic E-state index is 0.727. The fourth-order valence-electron chi connectivity index (χ4n) is 2.49. The first kappa shape index (κ1) is 25.2. The molecule has 0 aliphatic carbocycles. The molecule has 0 saturated carbocycles. The summed E-state index contributed by atoms with van der Waals surface area (Å²) in [7, 11) is 6.92. The van der Waals surface area contributed by atoms with Gasteiger partial charge in [-0.25, -0.2) is 0 Å². The van der Waals surface area contributed by atoms with Gasteiger partial charge in [-0.1, -0.05) is 24.3 Å². The first-order valence-corrected chi connectivity index (χ1v) is 9.35. The maximum Gasteiger partial charge on any atom is 0.0589 e. The number of rotatable bonds is 19. The van der Waals surface area contributed by atoms with Crippen molar-refractivity contribution in [1.82, 2.24) is 9.80 Å². The molecule has 6 heteroatoms. The van der Waals surface area contributed by atoms with Crippen LogP contribution in [0.1, 0.15) is 12.8 Å². The first-order valence-electron chi connectivity index (χ1n) is 9.35. The molecular formula is C20H40N2O4. The van der Waals surface area contributed by atoms with Gasteiger partial charge in [0.05, 0.1) is 26.4 Å². The minimum Gasteiger partial charge on any atom is -0.383 e. The van der Waals surface area contributed by atoms with E-state index in [4.69, 9.17) is 18.9 Å². The molecule has 0 radical (unpaired) electrons. The van der Waals surface area contributed by atoms with Crippen LogP contribution in [0.4, 0.5) is 0 Å². The van der Waals surface area contributed by atoms with Gasteiger partial charge in [-0.15, -0.1) is 0 Å². The fourth-order valence-corrected chi connectivity index (χ4v) is 2.49. The molecule has 0 fully saturated rings. The molecule has 0 heterocycles. The van der Waals surface area contributed by atoms with Crippen LogP contribution in [0.5, 0.6) is 0 Å². The Bertz CT molecular complexity index is 314. The van der Waals surface area contributed by atoms with Gasteiger partial charge in [-0.05, 0) is 12.8 Å². The van der Waals surface area contributed by atoms with Gasteiger partial charge in [0.15, 0.2) is 0 Å². The molecule has 0 aromatic carbocycles. The van der Waals surface area contributed by atoms with E-state index >= 15 is 0 Å². The summed E-state index contributed by atoms with van der Waals surface area (Å²) in [6.45, 7) is 16.9. The molecule has 154 valence electrons. The second-order valence-corrected chi connectivity index (χ2v) is 6.36. The van der Waals surface area contributed by atoms with Crippen molar-refractivity contribution in [3.05, 3.63) is 24.3 Å². The highest BCUT2D eigenvalue weighted by Gasteiger charge is 2.09. The molecule has 0 aromatic rings. The molecule has 0 rings (SSSR count). The van der Waals surface area contributed by atoms with E-state index in [0.29, 0.717) is 0 Å². The Kier molecular flexibility index (Phi) is 17.1. The van der Waals surface area contributed by atoms with Crippen LogP contribution in [0.3, 0.4) is 0 Å². The average molecular weight is 373 g/mol. The van der Waals surface area contributed by atoms with Crippen LogP contribution < -0.4 is 0 Å². The molecule has 0 spiro atoms. The molecular weight excluding hydrogens is 332 g/mol. The Morgan fingerprint density at radius 1 is 0.538 bits per heavy atom. The largest absolute Gasteiger partial charge is 0.383 e. The fraction of sp³-hybridized carbons (Fsp3) is 0.800. The molecule has 0 amide bonds. The standard InChI is InChI=1S/C20H40N2O4/c1-19(7-9-21(11-15-23-3)12-16-24-4)20(2)8-10-22(13-17-25-5)14-18-26-6/h1-2,7-18H2,3-6H3. The quantitative estimate of drug-likeness (QED) is 0.324. The Morgan fingerprint density at radius 2 is 0.808 bits per heavy atom. The summed E-state index contributed by atoms with van der Waals surface area (Å²) in [5.74, 6) is 0. The summed E-state index contributed by atoms with van der Waals surface area (Å²) in [5, 5.41) is 0. The van der Waals surface area contributed by atoms with E-state index in [0.717, 1.165) is 89.7 Å². The van der Waals surface area contributed by atoms with Gasteiger partial charge in [0.25, 0.3) is 0 Å². The number of methoxy groups -OCH3 is 4. The van der Waals surface area contributed by atoms with Crippen LogP contribution in [-0.2, 0) is 18.9 Å². The molecule has 6 nitrogen and oxygen atoms in total. The molecule has 0 saturated heterocycles. The highest BCUT2D eigenvalue weighted by Crippen LogP contribution is 2.15. The summed E-state index contributed by atoms with van der Waals surface area (Å²) in [6, 6.07) is 0. The van der Waals surface area contributed by atoms with Crippen LogP contribution in [0.25, 0.3) is 0 Å². The summed E-state index contributed by atoms with van der Waals surface area (Å²) >= 11 is 0. The second-order valence-electron chi connectivity index (χ2n) is 6.36. The summed E-state index contributed by atoms with van der Waals surface area (Å²) in [6.07, 6.45) is 1.84.